The van der Waals surface area contributed by atoms with Crippen LogP contribution in [0.5, 0.6) is 0 Å². The molecule has 1 aliphatic rings. The Morgan fingerprint density at radius 1 is 1.35 bits per heavy atom. The molecule has 0 saturated carbocycles. The van der Waals surface area contributed by atoms with Crippen LogP contribution in [0, 0.1) is 5.92 Å². The normalized spacial score (nSPS) is 21.8. The van der Waals surface area contributed by atoms with Gasteiger partial charge in [0, 0.05) is 18.4 Å². The molecule has 7 heteroatoms. The summed E-state index contributed by atoms with van der Waals surface area (Å²) in [7, 11) is 0. The molecular weight excluding hydrogens is 258 g/mol. The Balaban J connectivity index is 1.80. The minimum Gasteiger partial charge on any atom is -0.271 e. The van der Waals surface area contributed by atoms with Gasteiger partial charge in [0.25, 0.3) is 11.8 Å². The molecular formula is C13H19N5O2. The van der Waals surface area contributed by atoms with E-state index in [2.05, 4.69) is 40.5 Å². The van der Waals surface area contributed by atoms with Crippen LogP contribution in [0.15, 0.2) is 24.5 Å². The number of hydrogen-bond acceptors (Lipinski definition) is 5. The lowest BCUT2D eigenvalue weighted by Gasteiger charge is -2.13. The van der Waals surface area contributed by atoms with Gasteiger partial charge >= 0.3 is 0 Å². The summed E-state index contributed by atoms with van der Waals surface area (Å²) in [5, 5.41) is 0. The topological polar surface area (TPSA) is 95.2 Å². The first-order chi connectivity index (χ1) is 9.58. The lowest BCUT2D eigenvalue weighted by molar-refractivity contribution is -0.123. The number of hydrogen-bond donors (Lipinski definition) is 4. The molecule has 4 N–H and O–H groups in total. The first-order valence-electron chi connectivity index (χ1n) is 6.59. The number of hydrazine groups is 2. The number of aromatic nitrogens is 1. The molecule has 2 atom stereocenters. The Morgan fingerprint density at radius 2 is 2.15 bits per heavy atom. The summed E-state index contributed by atoms with van der Waals surface area (Å²) >= 11 is 0. The van der Waals surface area contributed by atoms with Gasteiger partial charge in [-0.15, -0.1) is 0 Å². The Labute approximate surface area is 117 Å². The van der Waals surface area contributed by atoms with Gasteiger partial charge in [0.1, 0.15) is 6.04 Å². The first kappa shape index (κ1) is 14.4. The summed E-state index contributed by atoms with van der Waals surface area (Å²) in [5.74, 6) is -0.221. The molecule has 1 fully saturated rings. The van der Waals surface area contributed by atoms with Gasteiger partial charge in [0.2, 0.25) is 0 Å². The van der Waals surface area contributed by atoms with Crippen molar-refractivity contribution in [2.45, 2.75) is 32.4 Å². The molecule has 1 aromatic rings. The van der Waals surface area contributed by atoms with Crippen LogP contribution in [0.4, 0.5) is 0 Å². The number of carbonyl (C=O) groups excluding carboxylic acids is 2. The average molecular weight is 277 g/mol. The molecule has 2 rings (SSSR count). The van der Waals surface area contributed by atoms with Crippen LogP contribution in [0.1, 0.15) is 30.6 Å². The van der Waals surface area contributed by atoms with Crippen molar-refractivity contribution in [3.05, 3.63) is 30.1 Å². The van der Waals surface area contributed by atoms with Crippen LogP contribution in [-0.2, 0) is 4.79 Å². The molecule has 2 amide bonds. The molecule has 0 bridgehead atoms. The Morgan fingerprint density at radius 3 is 2.75 bits per heavy atom. The summed E-state index contributed by atoms with van der Waals surface area (Å²) in [5.41, 5.74) is 11.2. The maximum absolute atomic E-state index is 11.9. The molecule has 0 aromatic carbocycles. The molecule has 2 heterocycles. The quantitative estimate of drug-likeness (QED) is 0.571. The molecule has 108 valence electrons. The van der Waals surface area contributed by atoms with Crippen LogP contribution in [0.3, 0.4) is 0 Å². The van der Waals surface area contributed by atoms with Gasteiger partial charge in [0.15, 0.2) is 0 Å². The second-order valence-corrected chi connectivity index (χ2v) is 5.11. The van der Waals surface area contributed by atoms with Crippen molar-refractivity contribution < 1.29 is 9.59 Å². The predicted octanol–water partition coefficient (Wildman–Crippen LogP) is -0.266. The summed E-state index contributed by atoms with van der Waals surface area (Å²) < 4.78 is 0. The minimum absolute atomic E-state index is 0.250. The largest absolute Gasteiger partial charge is 0.271 e. The fraction of sp³-hybridized carbons (Fsp3) is 0.462. The number of rotatable bonds is 3. The lowest BCUT2D eigenvalue weighted by atomic mass is 9.99. The van der Waals surface area contributed by atoms with Crippen LogP contribution in [0.2, 0.25) is 0 Å². The zero-order valence-electron chi connectivity index (χ0n) is 11.5. The van der Waals surface area contributed by atoms with Gasteiger partial charge in [-0.25, -0.2) is 5.43 Å². The predicted molar refractivity (Wildman–Crippen MR) is 73.1 cm³/mol. The molecule has 7 nitrogen and oxygen atoms in total. The van der Waals surface area contributed by atoms with E-state index in [-0.39, 0.29) is 18.0 Å². The minimum atomic E-state index is -0.391. The smallest absolute Gasteiger partial charge is 0.271 e. The molecule has 1 aliphatic heterocycles. The van der Waals surface area contributed by atoms with Gasteiger partial charge in [-0.2, -0.15) is 0 Å². The zero-order valence-corrected chi connectivity index (χ0v) is 11.5. The van der Waals surface area contributed by atoms with Crippen molar-refractivity contribution in [1.82, 2.24) is 26.7 Å². The fourth-order valence-corrected chi connectivity index (χ4v) is 1.97. The molecule has 20 heavy (non-hydrogen) atoms. The highest BCUT2D eigenvalue weighted by atomic mass is 16.2. The van der Waals surface area contributed by atoms with Crippen molar-refractivity contribution in [2.75, 3.05) is 0 Å². The number of pyridine rings is 1. The highest BCUT2D eigenvalue weighted by Gasteiger charge is 2.30. The Hall–Kier alpha value is -1.99. The molecule has 1 aromatic heterocycles. The second kappa shape index (κ2) is 6.44. The monoisotopic (exact) mass is 277 g/mol. The van der Waals surface area contributed by atoms with E-state index in [0.29, 0.717) is 17.9 Å². The highest BCUT2D eigenvalue weighted by molar-refractivity contribution is 5.95. The molecule has 0 radical (unpaired) electrons. The van der Waals surface area contributed by atoms with E-state index >= 15 is 0 Å². The summed E-state index contributed by atoms with van der Waals surface area (Å²) in [4.78, 5) is 27.5. The van der Waals surface area contributed by atoms with Crippen molar-refractivity contribution in [2.24, 2.45) is 5.92 Å². The van der Waals surface area contributed by atoms with Crippen molar-refractivity contribution in [1.29, 1.82) is 0 Å². The van der Waals surface area contributed by atoms with Gasteiger partial charge in [-0.1, -0.05) is 13.8 Å². The third-order valence-electron chi connectivity index (χ3n) is 3.28. The highest BCUT2D eigenvalue weighted by Crippen LogP contribution is 2.12. The maximum Gasteiger partial charge on any atom is 0.271 e. The van der Waals surface area contributed by atoms with Crippen molar-refractivity contribution >= 4 is 11.8 Å². The van der Waals surface area contributed by atoms with Gasteiger partial charge in [0.05, 0.1) is 5.56 Å². The molecule has 2 unspecified atom stereocenters. The third kappa shape index (κ3) is 3.52. The van der Waals surface area contributed by atoms with E-state index in [1.54, 1.807) is 18.3 Å². The second-order valence-electron chi connectivity index (χ2n) is 5.11. The summed E-state index contributed by atoms with van der Waals surface area (Å²) in [6.07, 6.45) is 3.70. The number of amides is 2. The van der Waals surface area contributed by atoms with E-state index in [0.717, 1.165) is 0 Å². The van der Waals surface area contributed by atoms with Crippen LogP contribution >= 0.6 is 0 Å². The van der Waals surface area contributed by atoms with Gasteiger partial charge in [-0.05, 0) is 24.5 Å². The number of carbonyl (C=O) groups is 2. The third-order valence-corrected chi connectivity index (χ3v) is 3.28. The summed E-state index contributed by atoms with van der Waals surface area (Å²) in [6.45, 7) is 4.17. The molecule has 0 spiro atoms. The lowest BCUT2D eigenvalue weighted by Crippen LogP contribution is -2.50. The van der Waals surface area contributed by atoms with Gasteiger partial charge < -0.3 is 0 Å². The fourth-order valence-electron chi connectivity index (χ4n) is 1.97. The van der Waals surface area contributed by atoms with Crippen LogP contribution in [0.25, 0.3) is 0 Å². The van der Waals surface area contributed by atoms with Crippen molar-refractivity contribution in [3.8, 4) is 0 Å². The molecule has 0 aliphatic carbocycles. The zero-order chi connectivity index (χ0) is 14.5. The van der Waals surface area contributed by atoms with Gasteiger partial charge in [-0.3, -0.25) is 30.9 Å². The van der Waals surface area contributed by atoms with E-state index < -0.39 is 5.91 Å². The average Bonchev–Trinajstić information content (AvgIpc) is 2.95. The standard InChI is InChI=1S/C13H19N5O2/c1-8(2)10-6-11(16-15-10)13(20)18-17-12(19)9-4-3-5-14-7-9/h3-5,7-8,10-11,15-16H,6H2,1-2H3,(H,17,19)(H,18,20). The van der Waals surface area contributed by atoms with Crippen molar-refractivity contribution in [3.63, 3.8) is 0 Å². The van der Waals surface area contributed by atoms with E-state index in [1.807, 2.05) is 0 Å². The Bertz CT molecular complexity index is 477. The van der Waals surface area contributed by atoms with Crippen LogP contribution < -0.4 is 21.7 Å². The van der Waals surface area contributed by atoms with Crippen LogP contribution in [-0.4, -0.2) is 28.9 Å². The first-order valence-corrected chi connectivity index (χ1v) is 6.59. The Kier molecular flexibility index (Phi) is 4.65. The SMILES string of the molecule is CC(C)C1CC(C(=O)NNC(=O)c2cccnc2)NN1. The maximum atomic E-state index is 11.9. The number of nitrogens with zero attached hydrogens (tertiary/aromatic N) is 1. The molecule has 1 saturated heterocycles. The van der Waals surface area contributed by atoms with E-state index in [4.69, 9.17) is 0 Å². The number of nitrogens with one attached hydrogen (secondary N) is 4. The van der Waals surface area contributed by atoms with E-state index in [1.165, 1.54) is 6.20 Å². The van der Waals surface area contributed by atoms with E-state index in [9.17, 15) is 9.59 Å². The summed E-state index contributed by atoms with van der Waals surface area (Å²) in [6, 6.07) is 3.18.